The highest BCUT2D eigenvalue weighted by atomic mass is 16.2. The number of allylic oxidation sites excluding steroid dienone is 4. The molecule has 5 heteroatoms. The summed E-state index contributed by atoms with van der Waals surface area (Å²) < 4.78 is 0. The zero-order valence-electron chi connectivity index (χ0n) is 14.1. The monoisotopic (exact) mass is 338 g/mol. The van der Waals surface area contributed by atoms with E-state index in [0.29, 0.717) is 23.7 Å². The molecule has 25 heavy (non-hydrogen) atoms. The van der Waals surface area contributed by atoms with Gasteiger partial charge in [0.1, 0.15) is 6.54 Å². The summed E-state index contributed by atoms with van der Waals surface area (Å²) in [6.07, 6.45) is 11.0. The maximum absolute atomic E-state index is 12.8. The molecule has 2 aliphatic heterocycles. The SMILES string of the molecule is O=C(CN1C(=O)[C@@H]2[C@H](C1=O)[C@H]1C=C[C@H]2C1)N1C[C@@H]2[C@H](C1)[C@H]1C=C[C@H]2C1. The minimum atomic E-state index is -0.201. The molecule has 3 amide bonds. The van der Waals surface area contributed by atoms with E-state index < -0.39 is 0 Å². The summed E-state index contributed by atoms with van der Waals surface area (Å²) in [5.74, 6) is 2.18. The lowest BCUT2D eigenvalue weighted by Crippen LogP contribution is -2.43. The van der Waals surface area contributed by atoms with Gasteiger partial charge in [0.15, 0.2) is 0 Å². The van der Waals surface area contributed by atoms with E-state index in [1.807, 2.05) is 4.90 Å². The lowest BCUT2D eigenvalue weighted by Gasteiger charge is -2.22. The highest BCUT2D eigenvalue weighted by Crippen LogP contribution is 2.53. The molecule has 4 bridgehead atoms. The van der Waals surface area contributed by atoms with Gasteiger partial charge in [-0.05, 0) is 48.3 Å². The number of hydrogen-bond donors (Lipinski definition) is 0. The Morgan fingerprint density at radius 2 is 1.32 bits per heavy atom. The number of fused-ring (bicyclic) bond motifs is 10. The fourth-order valence-corrected chi connectivity index (χ4v) is 6.71. The first kappa shape index (κ1) is 14.3. The van der Waals surface area contributed by atoms with Crippen LogP contribution in [-0.4, -0.2) is 47.2 Å². The topological polar surface area (TPSA) is 57.7 Å². The molecular weight excluding hydrogens is 316 g/mol. The van der Waals surface area contributed by atoms with Crippen LogP contribution < -0.4 is 0 Å². The van der Waals surface area contributed by atoms with Crippen LogP contribution in [0.25, 0.3) is 0 Å². The van der Waals surface area contributed by atoms with E-state index in [0.717, 1.165) is 19.5 Å². The summed E-state index contributed by atoms with van der Waals surface area (Å²) >= 11 is 0. The number of nitrogens with zero attached hydrogens (tertiary/aromatic N) is 2. The van der Waals surface area contributed by atoms with Crippen molar-refractivity contribution in [2.75, 3.05) is 19.6 Å². The van der Waals surface area contributed by atoms with Crippen molar-refractivity contribution in [2.45, 2.75) is 12.8 Å². The number of hydrogen-bond acceptors (Lipinski definition) is 3. The number of imide groups is 1. The van der Waals surface area contributed by atoms with Gasteiger partial charge in [0, 0.05) is 13.1 Å². The van der Waals surface area contributed by atoms with Gasteiger partial charge in [-0.25, -0.2) is 0 Å². The Hall–Kier alpha value is -1.91. The fraction of sp³-hybridized carbons (Fsp3) is 0.650. The minimum absolute atomic E-state index is 0.0456. The van der Waals surface area contributed by atoms with E-state index >= 15 is 0 Å². The first-order valence-corrected chi connectivity index (χ1v) is 9.61. The predicted octanol–water partition coefficient (Wildman–Crippen LogP) is 1.07. The van der Waals surface area contributed by atoms with Gasteiger partial charge in [-0.2, -0.15) is 0 Å². The van der Waals surface area contributed by atoms with E-state index in [9.17, 15) is 14.4 Å². The minimum Gasteiger partial charge on any atom is -0.341 e. The van der Waals surface area contributed by atoms with Crippen molar-refractivity contribution in [3.05, 3.63) is 24.3 Å². The third-order valence-corrected chi connectivity index (χ3v) is 7.87. The van der Waals surface area contributed by atoms with Crippen LogP contribution in [0.3, 0.4) is 0 Å². The molecule has 0 spiro atoms. The lowest BCUT2D eigenvalue weighted by molar-refractivity contribution is -0.146. The Bertz CT molecular complexity index is 706. The van der Waals surface area contributed by atoms with Gasteiger partial charge in [-0.3, -0.25) is 19.3 Å². The summed E-state index contributed by atoms with van der Waals surface area (Å²) in [5.41, 5.74) is 0. The summed E-state index contributed by atoms with van der Waals surface area (Å²) in [5, 5.41) is 0. The second kappa shape index (κ2) is 4.63. The first-order chi connectivity index (χ1) is 12.1. The molecule has 5 nitrogen and oxygen atoms in total. The quantitative estimate of drug-likeness (QED) is 0.559. The normalized spacial score (nSPS) is 48.2. The van der Waals surface area contributed by atoms with Gasteiger partial charge in [0.25, 0.3) is 0 Å². The molecule has 0 radical (unpaired) electrons. The molecule has 0 unspecified atom stereocenters. The lowest BCUT2D eigenvalue weighted by atomic mass is 9.85. The molecule has 6 aliphatic rings. The molecule has 6 rings (SSSR count). The van der Waals surface area contributed by atoms with Crippen LogP contribution in [0.5, 0.6) is 0 Å². The number of carbonyl (C=O) groups is 3. The standard InChI is InChI=1S/C20H22N2O3/c23-16(21-7-14-10-1-2-11(5-10)15(14)8-21)9-22-19(24)17-12-3-4-13(6-12)18(17)20(22)25/h1-4,10-15,17-18H,5-9H2/t10-,11-,12-,13-,14-,15+,17-,18+/m0/s1. The van der Waals surface area contributed by atoms with Gasteiger partial charge in [-0.1, -0.05) is 24.3 Å². The van der Waals surface area contributed by atoms with Crippen molar-refractivity contribution >= 4 is 17.7 Å². The van der Waals surface area contributed by atoms with E-state index in [-0.39, 0.29) is 47.9 Å². The molecule has 4 aliphatic carbocycles. The average Bonchev–Trinajstić information content (AvgIpc) is 3.38. The fourth-order valence-electron chi connectivity index (χ4n) is 6.71. The van der Waals surface area contributed by atoms with Crippen LogP contribution in [0.2, 0.25) is 0 Å². The highest BCUT2D eigenvalue weighted by Gasteiger charge is 2.59. The molecule has 8 atom stereocenters. The summed E-state index contributed by atoms with van der Waals surface area (Å²) in [4.78, 5) is 41.5. The first-order valence-electron chi connectivity index (χ1n) is 9.61. The molecule has 130 valence electrons. The summed E-state index contributed by atoms with van der Waals surface area (Å²) in [6.45, 7) is 1.54. The second-order valence-electron chi connectivity index (χ2n) is 8.84. The van der Waals surface area contributed by atoms with Crippen molar-refractivity contribution in [3.63, 3.8) is 0 Å². The van der Waals surface area contributed by atoms with Crippen LogP contribution >= 0.6 is 0 Å². The summed E-state index contributed by atoms with van der Waals surface area (Å²) in [7, 11) is 0. The Morgan fingerprint density at radius 1 is 0.840 bits per heavy atom. The van der Waals surface area contributed by atoms with E-state index in [4.69, 9.17) is 0 Å². The molecule has 2 heterocycles. The molecule has 2 saturated carbocycles. The number of rotatable bonds is 2. The third kappa shape index (κ3) is 1.72. The van der Waals surface area contributed by atoms with Crippen molar-refractivity contribution in [2.24, 2.45) is 47.3 Å². The highest BCUT2D eigenvalue weighted by molar-refractivity contribution is 6.08. The zero-order chi connectivity index (χ0) is 16.9. The predicted molar refractivity (Wildman–Crippen MR) is 88.7 cm³/mol. The number of likely N-dealkylation sites (tertiary alicyclic amines) is 2. The Morgan fingerprint density at radius 3 is 1.88 bits per heavy atom. The van der Waals surface area contributed by atoms with Gasteiger partial charge in [0.05, 0.1) is 11.8 Å². The molecule has 0 aromatic rings. The molecule has 2 saturated heterocycles. The van der Waals surface area contributed by atoms with Gasteiger partial charge in [-0.15, -0.1) is 0 Å². The Kier molecular flexibility index (Phi) is 2.64. The maximum atomic E-state index is 12.8. The zero-order valence-corrected chi connectivity index (χ0v) is 14.1. The largest absolute Gasteiger partial charge is 0.341 e. The van der Waals surface area contributed by atoms with E-state index in [1.165, 1.54) is 11.3 Å². The molecular formula is C20H22N2O3. The second-order valence-corrected chi connectivity index (χ2v) is 8.84. The van der Waals surface area contributed by atoms with Crippen LogP contribution in [0, 0.1) is 47.3 Å². The smallest absolute Gasteiger partial charge is 0.242 e. The number of carbonyl (C=O) groups excluding carboxylic acids is 3. The Labute approximate surface area is 146 Å². The maximum Gasteiger partial charge on any atom is 0.242 e. The van der Waals surface area contributed by atoms with Crippen molar-refractivity contribution in [1.82, 2.24) is 9.80 Å². The van der Waals surface area contributed by atoms with Crippen molar-refractivity contribution in [1.29, 1.82) is 0 Å². The molecule has 0 aromatic carbocycles. The molecule has 0 aromatic heterocycles. The van der Waals surface area contributed by atoms with Crippen LogP contribution in [-0.2, 0) is 14.4 Å². The van der Waals surface area contributed by atoms with Crippen LogP contribution in [0.1, 0.15) is 12.8 Å². The van der Waals surface area contributed by atoms with E-state index in [1.54, 1.807) is 0 Å². The Balaban J connectivity index is 1.17. The van der Waals surface area contributed by atoms with Crippen LogP contribution in [0.4, 0.5) is 0 Å². The van der Waals surface area contributed by atoms with Gasteiger partial charge in [0.2, 0.25) is 17.7 Å². The van der Waals surface area contributed by atoms with Gasteiger partial charge >= 0.3 is 0 Å². The average molecular weight is 338 g/mol. The summed E-state index contributed by atoms with van der Waals surface area (Å²) in [6, 6.07) is 0. The van der Waals surface area contributed by atoms with Crippen molar-refractivity contribution in [3.8, 4) is 0 Å². The van der Waals surface area contributed by atoms with Crippen LogP contribution in [0.15, 0.2) is 24.3 Å². The van der Waals surface area contributed by atoms with Gasteiger partial charge < -0.3 is 4.90 Å². The van der Waals surface area contributed by atoms with Crippen molar-refractivity contribution < 1.29 is 14.4 Å². The number of amides is 3. The third-order valence-electron chi connectivity index (χ3n) is 7.87. The molecule has 4 fully saturated rings. The molecule has 0 N–H and O–H groups in total. The van der Waals surface area contributed by atoms with E-state index in [2.05, 4.69) is 24.3 Å².